The van der Waals surface area contributed by atoms with Gasteiger partial charge in [0.25, 0.3) is 0 Å². The number of hydrogen-bond acceptors (Lipinski definition) is 5. The van der Waals surface area contributed by atoms with Gasteiger partial charge in [0.2, 0.25) is 5.89 Å². The molecule has 1 fully saturated rings. The van der Waals surface area contributed by atoms with E-state index < -0.39 is 0 Å². The molecular formula is C22H32N4O3. The number of nitrogens with zero attached hydrogens (tertiary/aromatic N) is 2. The zero-order chi connectivity index (χ0) is 20.6. The van der Waals surface area contributed by atoms with E-state index in [1.807, 2.05) is 20.8 Å². The Bertz CT molecular complexity index is 806. The maximum absolute atomic E-state index is 6.08. The third kappa shape index (κ3) is 6.22. The fourth-order valence-corrected chi connectivity index (χ4v) is 3.17. The van der Waals surface area contributed by atoms with E-state index in [0.717, 1.165) is 48.8 Å². The molecule has 1 aromatic carbocycles. The Labute approximate surface area is 172 Å². The van der Waals surface area contributed by atoms with E-state index in [-0.39, 0.29) is 6.10 Å². The minimum absolute atomic E-state index is 0.193. The average Bonchev–Trinajstić information content (AvgIpc) is 3.33. The standard InChI is InChI=1S/C22H32N4O3/c1-5-23-22(25-13-21-26-16(3)17(4)29-21)24-12-18-9-8-15(2)11-20(18)28-14-19-7-6-10-27-19/h8-9,11,19H,5-7,10,12-14H2,1-4H3,(H2,23,24,25). The molecule has 158 valence electrons. The number of aryl methyl sites for hydroxylation is 3. The number of hydrogen-bond donors (Lipinski definition) is 2. The van der Waals surface area contributed by atoms with Crippen molar-refractivity contribution in [3.63, 3.8) is 0 Å². The lowest BCUT2D eigenvalue weighted by molar-refractivity contribution is 0.0676. The number of rotatable bonds is 8. The van der Waals surface area contributed by atoms with Crippen LogP contribution in [0.1, 0.15) is 48.2 Å². The molecule has 0 bridgehead atoms. The summed E-state index contributed by atoms with van der Waals surface area (Å²) < 4.78 is 17.4. The monoisotopic (exact) mass is 400 g/mol. The normalized spacial score (nSPS) is 16.8. The molecule has 1 aromatic heterocycles. The third-order valence-electron chi connectivity index (χ3n) is 4.90. The zero-order valence-electron chi connectivity index (χ0n) is 17.9. The first-order valence-corrected chi connectivity index (χ1v) is 10.3. The van der Waals surface area contributed by atoms with Gasteiger partial charge >= 0.3 is 0 Å². The lowest BCUT2D eigenvalue weighted by Crippen LogP contribution is -2.36. The molecule has 0 spiro atoms. The lowest BCUT2D eigenvalue weighted by Gasteiger charge is -2.15. The summed E-state index contributed by atoms with van der Waals surface area (Å²) in [4.78, 5) is 9.11. The molecule has 1 atom stereocenters. The Hall–Kier alpha value is -2.54. The van der Waals surface area contributed by atoms with Crippen molar-refractivity contribution >= 4 is 5.96 Å². The molecule has 0 radical (unpaired) electrons. The molecule has 7 heteroatoms. The third-order valence-corrected chi connectivity index (χ3v) is 4.90. The molecule has 1 saturated heterocycles. The zero-order valence-corrected chi connectivity index (χ0v) is 17.9. The first-order chi connectivity index (χ1) is 14.0. The van der Waals surface area contributed by atoms with Crippen LogP contribution >= 0.6 is 0 Å². The van der Waals surface area contributed by atoms with Crippen molar-refractivity contribution < 1.29 is 13.9 Å². The highest BCUT2D eigenvalue weighted by Crippen LogP contribution is 2.23. The molecule has 2 heterocycles. The fourth-order valence-electron chi connectivity index (χ4n) is 3.17. The molecule has 0 aliphatic carbocycles. The fraction of sp³-hybridized carbons (Fsp3) is 0.545. The minimum atomic E-state index is 0.193. The van der Waals surface area contributed by atoms with Crippen LogP contribution in [-0.2, 0) is 17.8 Å². The Balaban J connectivity index is 1.64. The van der Waals surface area contributed by atoms with E-state index in [4.69, 9.17) is 18.9 Å². The van der Waals surface area contributed by atoms with E-state index >= 15 is 0 Å². The smallest absolute Gasteiger partial charge is 0.214 e. The Morgan fingerprint density at radius 1 is 1.28 bits per heavy atom. The SMILES string of the molecule is CCNC(=NCc1ccc(C)cc1OCC1CCCO1)NCc1nc(C)c(C)o1. The van der Waals surface area contributed by atoms with Crippen molar-refractivity contribution in [2.45, 2.75) is 59.7 Å². The first-order valence-electron chi connectivity index (χ1n) is 10.3. The number of benzene rings is 1. The summed E-state index contributed by atoms with van der Waals surface area (Å²) in [7, 11) is 0. The van der Waals surface area contributed by atoms with Crippen LogP contribution in [0.3, 0.4) is 0 Å². The van der Waals surface area contributed by atoms with Crippen LogP contribution in [0.25, 0.3) is 0 Å². The van der Waals surface area contributed by atoms with E-state index in [2.05, 4.69) is 40.7 Å². The Morgan fingerprint density at radius 2 is 2.14 bits per heavy atom. The van der Waals surface area contributed by atoms with Crippen molar-refractivity contribution in [2.75, 3.05) is 19.8 Å². The highest BCUT2D eigenvalue weighted by atomic mass is 16.5. The second kappa shape index (κ2) is 10.3. The summed E-state index contributed by atoms with van der Waals surface area (Å²) in [5.74, 6) is 3.09. The van der Waals surface area contributed by atoms with Crippen molar-refractivity contribution in [3.05, 3.63) is 46.7 Å². The summed E-state index contributed by atoms with van der Waals surface area (Å²) in [6.45, 7) is 11.2. The number of ether oxygens (including phenoxy) is 2. The van der Waals surface area contributed by atoms with Crippen LogP contribution in [-0.4, -0.2) is 36.8 Å². The van der Waals surface area contributed by atoms with Gasteiger partial charge in [-0.05, 0) is 52.2 Å². The minimum Gasteiger partial charge on any atom is -0.491 e. The highest BCUT2D eigenvalue weighted by Gasteiger charge is 2.17. The summed E-state index contributed by atoms with van der Waals surface area (Å²) in [5.41, 5.74) is 3.13. The van der Waals surface area contributed by atoms with Crippen LogP contribution in [0, 0.1) is 20.8 Å². The number of oxazole rings is 1. The molecule has 2 aromatic rings. The summed E-state index contributed by atoms with van der Waals surface area (Å²) in [5, 5.41) is 6.54. The van der Waals surface area contributed by atoms with Gasteiger partial charge in [0.1, 0.15) is 18.1 Å². The number of nitrogens with one attached hydrogen (secondary N) is 2. The van der Waals surface area contributed by atoms with Crippen molar-refractivity contribution in [1.82, 2.24) is 15.6 Å². The topological polar surface area (TPSA) is 80.9 Å². The van der Waals surface area contributed by atoms with Crippen LogP contribution in [0.15, 0.2) is 27.6 Å². The molecule has 1 unspecified atom stereocenters. The molecule has 1 aliphatic heterocycles. The molecule has 29 heavy (non-hydrogen) atoms. The van der Waals surface area contributed by atoms with Gasteiger partial charge < -0.3 is 24.5 Å². The van der Waals surface area contributed by atoms with Crippen LogP contribution in [0.5, 0.6) is 5.75 Å². The van der Waals surface area contributed by atoms with Gasteiger partial charge in [-0.15, -0.1) is 0 Å². The molecule has 7 nitrogen and oxygen atoms in total. The van der Waals surface area contributed by atoms with Gasteiger partial charge in [0, 0.05) is 18.7 Å². The predicted octanol–water partition coefficient (Wildman–Crippen LogP) is 3.41. The van der Waals surface area contributed by atoms with E-state index in [9.17, 15) is 0 Å². The maximum atomic E-state index is 6.08. The molecule has 0 amide bonds. The van der Waals surface area contributed by atoms with Gasteiger partial charge in [-0.3, -0.25) is 0 Å². The van der Waals surface area contributed by atoms with E-state index in [0.29, 0.717) is 31.5 Å². The van der Waals surface area contributed by atoms with Gasteiger partial charge in [-0.1, -0.05) is 12.1 Å². The van der Waals surface area contributed by atoms with Crippen LogP contribution in [0.4, 0.5) is 0 Å². The van der Waals surface area contributed by atoms with Gasteiger partial charge in [0.05, 0.1) is 24.9 Å². The van der Waals surface area contributed by atoms with Crippen molar-refractivity contribution in [2.24, 2.45) is 4.99 Å². The molecular weight excluding hydrogens is 368 g/mol. The van der Waals surface area contributed by atoms with Crippen molar-refractivity contribution in [1.29, 1.82) is 0 Å². The first kappa shape index (κ1) is 21.2. The molecule has 1 aliphatic rings. The van der Waals surface area contributed by atoms with E-state index in [1.165, 1.54) is 5.56 Å². The van der Waals surface area contributed by atoms with Crippen molar-refractivity contribution in [3.8, 4) is 5.75 Å². The Morgan fingerprint density at radius 3 is 2.83 bits per heavy atom. The maximum Gasteiger partial charge on any atom is 0.214 e. The lowest BCUT2D eigenvalue weighted by atomic mass is 10.1. The van der Waals surface area contributed by atoms with Gasteiger partial charge in [0.15, 0.2) is 5.96 Å². The van der Waals surface area contributed by atoms with Crippen LogP contribution in [0.2, 0.25) is 0 Å². The largest absolute Gasteiger partial charge is 0.491 e. The van der Waals surface area contributed by atoms with Gasteiger partial charge in [-0.25, -0.2) is 9.98 Å². The highest BCUT2D eigenvalue weighted by molar-refractivity contribution is 5.79. The van der Waals surface area contributed by atoms with Gasteiger partial charge in [-0.2, -0.15) is 0 Å². The number of aliphatic imine (C=N–C) groups is 1. The second-order valence-electron chi connectivity index (χ2n) is 7.36. The summed E-state index contributed by atoms with van der Waals surface area (Å²) in [6.07, 6.45) is 2.37. The van der Waals surface area contributed by atoms with E-state index in [1.54, 1.807) is 0 Å². The average molecular weight is 401 g/mol. The molecule has 3 rings (SSSR count). The predicted molar refractivity (Wildman–Crippen MR) is 113 cm³/mol. The van der Waals surface area contributed by atoms with Crippen LogP contribution < -0.4 is 15.4 Å². The summed E-state index contributed by atoms with van der Waals surface area (Å²) >= 11 is 0. The summed E-state index contributed by atoms with van der Waals surface area (Å²) in [6, 6.07) is 6.23. The Kier molecular flexibility index (Phi) is 7.52. The number of guanidine groups is 1. The second-order valence-corrected chi connectivity index (χ2v) is 7.36. The quantitative estimate of drug-likeness (QED) is 0.522. The number of aromatic nitrogens is 1. The molecule has 2 N–H and O–H groups in total. The molecule has 0 saturated carbocycles.